The van der Waals surface area contributed by atoms with Crippen molar-refractivity contribution in [3.05, 3.63) is 16.7 Å². The number of methoxy groups -OCH3 is 1. The Balaban J connectivity index is 2.31. The van der Waals surface area contributed by atoms with Gasteiger partial charge in [-0.15, -0.1) is 0 Å². The van der Waals surface area contributed by atoms with Crippen molar-refractivity contribution in [2.45, 2.75) is 31.9 Å². The zero-order chi connectivity index (χ0) is 16.1. The van der Waals surface area contributed by atoms with Crippen LogP contribution in [0.25, 0.3) is 0 Å². The standard InChI is InChI=1S/C15H19F2NO4/c1-15(19,14(16)17)10-8-4-5-18(2)6-9(8)11(20-3)13-12(10)21-7-22-13/h14,19H,4-7H2,1-3H3/t15-/m1/s1. The predicted octanol–water partition coefficient (Wildman–Crippen LogP) is 1.88. The van der Waals surface area contributed by atoms with Gasteiger partial charge in [-0.25, -0.2) is 8.78 Å². The Morgan fingerprint density at radius 3 is 2.59 bits per heavy atom. The van der Waals surface area contributed by atoms with Gasteiger partial charge in [0, 0.05) is 24.2 Å². The molecule has 1 aromatic carbocycles. The molecule has 2 aliphatic rings. The third-order valence-electron chi connectivity index (χ3n) is 4.29. The molecule has 0 unspecified atom stereocenters. The van der Waals surface area contributed by atoms with E-state index in [1.165, 1.54) is 7.11 Å². The van der Waals surface area contributed by atoms with Gasteiger partial charge in [-0.3, -0.25) is 0 Å². The maximum atomic E-state index is 13.4. The lowest BCUT2D eigenvalue weighted by atomic mass is 9.84. The Morgan fingerprint density at radius 2 is 1.95 bits per heavy atom. The molecule has 2 aliphatic heterocycles. The third-order valence-corrected chi connectivity index (χ3v) is 4.29. The summed E-state index contributed by atoms with van der Waals surface area (Å²) in [5.41, 5.74) is -0.732. The van der Waals surface area contributed by atoms with E-state index >= 15 is 0 Å². The van der Waals surface area contributed by atoms with Gasteiger partial charge in [0.2, 0.25) is 12.5 Å². The van der Waals surface area contributed by atoms with E-state index in [0.717, 1.165) is 12.5 Å². The van der Waals surface area contributed by atoms with Gasteiger partial charge in [-0.1, -0.05) is 0 Å². The fraction of sp³-hybridized carbons (Fsp3) is 0.600. The van der Waals surface area contributed by atoms with Gasteiger partial charge in [0.1, 0.15) is 0 Å². The van der Waals surface area contributed by atoms with E-state index in [0.29, 0.717) is 36.6 Å². The van der Waals surface area contributed by atoms with E-state index in [1.54, 1.807) is 0 Å². The Morgan fingerprint density at radius 1 is 1.27 bits per heavy atom. The Bertz CT molecular complexity index is 604. The van der Waals surface area contributed by atoms with Crippen molar-refractivity contribution in [1.82, 2.24) is 4.90 Å². The minimum atomic E-state index is -2.93. The first-order valence-corrected chi connectivity index (χ1v) is 7.08. The molecule has 0 spiro atoms. The van der Waals surface area contributed by atoms with Crippen molar-refractivity contribution in [2.75, 3.05) is 27.5 Å². The van der Waals surface area contributed by atoms with E-state index in [2.05, 4.69) is 4.90 Å². The van der Waals surface area contributed by atoms with E-state index in [4.69, 9.17) is 14.2 Å². The second-order valence-electron chi connectivity index (χ2n) is 5.87. The summed E-state index contributed by atoms with van der Waals surface area (Å²) in [6.45, 7) is 2.29. The molecule has 7 heteroatoms. The van der Waals surface area contributed by atoms with Crippen molar-refractivity contribution in [3.63, 3.8) is 0 Å². The van der Waals surface area contributed by atoms with Crippen LogP contribution in [0.3, 0.4) is 0 Å². The van der Waals surface area contributed by atoms with Crippen LogP contribution in [-0.4, -0.2) is 43.9 Å². The molecular formula is C15H19F2NO4. The lowest BCUT2D eigenvalue weighted by molar-refractivity contribution is -0.0901. The van der Waals surface area contributed by atoms with Crippen LogP contribution < -0.4 is 14.2 Å². The predicted molar refractivity (Wildman–Crippen MR) is 74.7 cm³/mol. The number of ether oxygens (including phenoxy) is 3. The molecule has 0 aliphatic carbocycles. The van der Waals surface area contributed by atoms with Crippen LogP contribution in [0.2, 0.25) is 0 Å². The van der Waals surface area contributed by atoms with Crippen molar-refractivity contribution in [2.24, 2.45) is 0 Å². The Kier molecular flexibility index (Phi) is 3.65. The average Bonchev–Trinajstić information content (AvgIpc) is 2.92. The molecule has 0 saturated carbocycles. The summed E-state index contributed by atoms with van der Waals surface area (Å²) < 4.78 is 43.1. The summed E-state index contributed by atoms with van der Waals surface area (Å²) in [4.78, 5) is 2.06. The van der Waals surface area contributed by atoms with Crippen LogP contribution in [0.5, 0.6) is 17.2 Å². The summed E-state index contributed by atoms with van der Waals surface area (Å²) in [6, 6.07) is 0. The number of benzene rings is 1. The van der Waals surface area contributed by atoms with Crippen LogP contribution in [0.1, 0.15) is 23.6 Å². The van der Waals surface area contributed by atoms with Gasteiger partial charge in [0.05, 0.1) is 7.11 Å². The largest absolute Gasteiger partial charge is 0.492 e. The Hall–Kier alpha value is -1.60. The second-order valence-corrected chi connectivity index (χ2v) is 5.87. The van der Waals surface area contributed by atoms with E-state index < -0.39 is 12.0 Å². The molecule has 122 valence electrons. The quantitative estimate of drug-likeness (QED) is 0.923. The number of nitrogens with zero attached hydrogens (tertiary/aromatic N) is 1. The van der Waals surface area contributed by atoms with Gasteiger partial charge in [-0.05, 0) is 26.0 Å². The van der Waals surface area contributed by atoms with Crippen LogP contribution in [0, 0.1) is 0 Å². The molecular weight excluding hydrogens is 296 g/mol. The minimum absolute atomic E-state index is 0.0727. The number of hydrogen-bond donors (Lipinski definition) is 1. The van der Waals surface area contributed by atoms with E-state index in [1.807, 2.05) is 7.05 Å². The summed E-state index contributed by atoms with van der Waals surface area (Å²) in [5.74, 6) is 0.973. The molecule has 0 radical (unpaired) electrons. The first-order chi connectivity index (χ1) is 10.4. The lowest BCUT2D eigenvalue weighted by Crippen LogP contribution is -2.35. The number of rotatable bonds is 3. The molecule has 0 saturated heterocycles. The average molecular weight is 315 g/mol. The zero-order valence-electron chi connectivity index (χ0n) is 12.8. The van der Waals surface area contributed by atoms with Crippen LogP contribution in [0.15, 0.2) is 0 Å². The highest BCUT2D eigenvalue weighted by molar-refractivity contribution is 5.66. The number of hydrogen-bond acceptors (Lipinski definition) is 5. The van der Waals surface area contributed by atoms with Gasteiger partial charge < -0.3 is 24.2 Å². The highest BCUT2D eigenvalue weighted by atomic mass is 19.3. The second kappa shape index (κ2) is 5.24. The topological polar surface area (TPSA) is 51.2 Å². The number of halogens is 2. The fourth-order valence-electron chi connectivity index (χ4n) is 3.15. The van der Waals surface area contributed by atoms with Crippen molar-refractivity contribution in [3.8, 4) is 17.2 Å². The summed E-state index contributed by atoms with van der Waals surface area (Å²) >= 11 is 0. The molecule has 1 atom stereocenters. The monoisotopic (exact) mass is 315 g/mol. The van der Waals surface area contributed by atoms with Gasteiger partial charge in [-0.2, -0.15) is 0 Å². The highest BCUT2D eigenvalue weighted by Gasteiger charge is 2.44. The fourth-order valence-corrected chi connectivity index (χ4v) is 3.15. The van der Waals surface area contributed by atoms with E-state index in [-0.39, 0.29) is 18.1 Å². The highest BCUT2D eigenvalue weighted by Crippen LogP contribution is 2.53. The third kappa shape index (κ3) is 2.11. The van der Waals surface area contributed by atoms with Gasteiger partial charge in [0.25, 0.3) is 6.43 Å². The SMILES string of the molecule is COc1c2c(c([C@@](C)(O)C(F)F)c3c1OCO3)CCN(C)C2. The van der Waals surface area contributed by atoms with Crippen LogP contribution in [-0.2, 0) is 18.6 Å². The number of fused-ring (bicyclic) bond motifs is 2. The molecule has 0 amide bonds. The maximum Gasteiger partial charge on any atom is 0.270 e. The molecule has 0 aromatic heterocycles. The van der Waals surface area contributed by atoms with Crippen molar-refractivity contribution >= 4 is 0 Å². The van der Waals surface area contributed by atoms with Gasteiger partial charge in [0.15, 0.2) is 17.1 Å². The summed E-state index contributed by atoms with van der Waals surface area (Å²) in [7, 11) is 3.45. The van der Waals surface area contributed by atoms with Gasteiger partial charge >= 0.3 is 0 Å². The number of likely N-dealkylation sites (N-methyl/N-ethyl adjacent to an activating group) is 1. The number of alkyl halides is 2. The first kappa shape index (κ1) is 15.3. The number of aliphatic hydroxyl groups is 1. The normalized spacial score (nSPS) is 20.0. The molecule has 1 aromatic rings. The smallest absolute Gasteiger partial charge is 0.270 e. The van der Waals surface area contributed by atoms with Crippen molar-refractivity contribution in [1.29, 1.82) is 0 Å². The molecule has 22 heavy (non-hydrogen) atoms. The maximum absolute atomic E-state index is 13.4. The molecule has 3 rings (SSSR count). The Labute approximate surface area is 127 Å². The molecule has 1 N–H and O–H groups in total. The van der Waals surface area contributed by atoms with Crippen LogP contribution >= 0.6 is 0 Å². The van der Waals surface area contributed by atoms with Crippen molar-refractivity contribution < 1.29 is 28.1 Å². The van der Waals surface area contributed by atoms with E-state index in [9.17, 15) is 13.9 Å². The molecule has 2 heterocycles. The molecule has 0 fully saturated rings. The first-order valence-electron chi connectivity index (χ1n) is 7.08. The molecule has 5 nitrogen and oxygen atoms in total. The molecule has 0 bridgehead atoms. The minimum Gasteiger partial charge on any atom is -0.492 e. The summed E-state index contributed by atoms with van der Waals surface area (Å²) in [5, 5.41) is 10.4. The zero-order valence-corrected chi connectivity index (χ0v) is 12.8. The summed E-state index contributed by atoms with van der Waals surface area (Å²) in [6.07, 6.45) is -2.39. The van der Waals surface area contributed by atoms with Crippen LogP contribution in [0.4, 0.5) is 8.78 Å². The lowest BCUT2D eigenvalue weighted by Gasteiger charge is -2.33.